The molecule has 0 spiro atoms. The Bertz CT molecular complexity index is 2160. The van der Waals surface area contributed by atoms with Crippen LogP contribution in [0.5, 0.6) is 0 Å². The molecule has 5 fully saturated rings. The SMILES string of the molecule is C=O.C=O.Cc1ccc(CNc2nc(N3CC4CC4C3)ncc2C(=O)NC2CCC(O)CC2)cc1C.Cc1ccc(CNc2nc(N3CC4CC4C3)ncc2C(=O)O)cc1C. The van der Waals surface area contributed by atoms with Crippen LogP contribution in [0.25, 0.3) is 0 Å². The van der Waals surface area contributed by atoms with Crippen molar-refractivity contribution in [1.29, 1.82) is 0 Å². The lowest BCUT2D eigenvalue weighted by molar-refractivity contribution is -0.0987. The standard InChI is InChI=1S/C25H33N5O2.C19H22N4O2.2CH2O/c1-15-3-4-17(9-16(15)2)11-26-23-22(24(32)28-20-5-7-21(31)8-6-20)12-27-25(29-23)30-13-18-10-19(18)14-30;1-11-3-4-13(5-12(11)2)7-20-17-16(18(24)25)8-21-19(22-17)23-9-14-6-15(14)10-23;2*1-2/h3-4,9,12,18-21,31H,5-8,10-11,13-14H2,1-2H3,(H,28,32)(H,26,27,29);3-5,8,14-15H,6-7,9-10H2,1-2H3,(H,24,25)(H,20,21,22);2*1H2. The maximum Gasteiger partial charge on any atom is 0.341 e. The second-order valence-corrected chi connectivity index (χ2v) is 17.0. The number of aromatic carboxylic acids is 1. The Morgan fingerprint density at radius 3 is 1.51 bits per heavy atom. The van der Waals surface area contributed by atoms with Gasteiger partial charge in [-0.1, -0.05) is 36.4 Å². The van der Waals surface area contributed by atoms with Crippen molar-refractivity contribution in [2.24, 2.45) is 23.7 Å². The number of nitrogens with one attached hydrogen (secondary N) is 3. The molecule has 2 aromatic heterocycles. The lowest BCUT2D eigenvalue weighted by Gasteiger charge is -2.26. The van der Waals surface area contributed by atoms with Gasteiger partial charge in [-0.2, -0.15) is 9.97 Å². The molecule has 15 heteroatoms. The number of aryl methyl sites for hydroxylation is 4. The lowest BCUT2D eigenvalue weighted by atomic mass is 9.93. The van der Waals surface area contributed by atoms with Gasteiger partial charge in [-0.15, -0.1) is 0 Å². The molecule has 2 saturated heterocycles. The number of hydrogen-bond donors (Lipinski definition) is 5. The number of nitrogens with zero attached hydrogens (tertiary/aromatic N) is 6. The molecule has 4 unspecified atom stereocenters. The number of fused-ring (bicyclic) bond motifs is 2. The third-order valence-electron chi connectivity index (χ3n) is 12.6. The van der Waals surface area contributed by atoms with Crippen molar-refractivity contribution in [3.63, 3.8) is 0 Å². The first-order chi connectivity index (χ1) is 29.5. The predicted octanol–water partition coefficient (Wildman–Crippen LogP) is 5.68. The lowest BCUT2D eigenvalue weighted by Crippen LogP contribution is -2.39. The molecular formula is C46H59N9O6. The van der Waals surface area contributed by atoms with Crippen molar-refractivity contribution in [3.05, 3.63) is 93.3 Å². The van der Waals surface area contributed by atoms with Crippen LogP contribution in [0.2, 0.25) is 0 Å². The molecule has 4 heterocycles. The van der Waals surface area contributed by atoms with Crippen molar-refractivity contribution < 1.29 is 29.4 Å². The second kappa shape index (κ2) is 20.1. The highest BCUT2D eigenvalue weighted by atomic mass is 16.4. The fraction of sp³-hybridized carbons (Fsp3) is 0.478. The van der Waals surface area contributed by atoms with E-state index in [0.29, 0.717) is 42.2 Å². The number of rotatable bonds is 11. The van der Waals surface area contributed by atoms with Crippen molar-refractivity contribution in [2.45, 2.75) is 91.5 Å². The Kier molecular flexibility index (Phi) is 14.7. The molecule has 1 amide bonds. The van der Waals surface area contributed by atoms with Gasteiger partial charge in [-0.25, -0.2) is 14.8 Å². The highest BCUT2D eigenvalue weighted by molar-refractivity contribution is 5.98. The minimum Gasteiger partial charge on any atom is -0.477 e. The smallest absolute Gasteiger partial charge is 0.341 e. The predicted molar refractivity (Wildman–Crippen MR) is 235 cm³/mol. The van der Waals surface area contributed by atoms with Crippen LogP contribution in [0.15, 0.2) is 48.8 Å². The number of carbonyl (C=O) groups is 4. The topological polar surface area (TPSA) is 203 Å². The summed E-state index contributed by atoms with van der Waals surface area (Å²) in [6.45, 7) is 17.5. The Morgan fingerprint density at radius 1 is 0.656 bits per heavy atom. The molecule has 3 saturated carbocycles. The van der Waals surface area contributed by atoms with Gasteiger partial charge < -0.3 is 45.6 Å². The van der Waals surface area contributed by atoms with Crippen molar-refractivity contribution in [3.8, 4) is 0 Å². The van der Waals surface area contributed by atoms with E-state index in [1.165, 1.54) is 41.3 Å². The number of carboxylic acid groups (broad SMARTS) is 1. The van der Waals surface area contributed by atoms with E-state index in [1.807, 2.05) is 19.6 Å². The van der Waals surface area contributed by atoms with Gasteiger partial charge in [0.1, 0.15) is 36.3 Å². The minimum atomic E-state index is -1.02. The zero-order valence-electron chi connectivity index (χ0n) is 35.7. The van der Waals surface area contributed by atoms with Gasteiger partial charge in [0.15, 0.2) is 0 Å². The van der Waals surface area contributed by atoms with Gasteiger partial charge in [0.25, 0.3) is 5.91 Å². The van der Waals surface area contributed by atoms with Crippen LogP contribution in [-0.4, -0.2) is 93.9 Å². The summed E-state index contributed by atoms with van der Waals surface area (Å²) in [6.07, 6.45) is 8.53. The highest BCUT2D eigenvalue weighted by Crippen LogP contribution is 2.46. The van der Waals surface area contributed by atoms with E-state index >= 15 is 0 Å². The van der Waals surface area contributed by atoms with Gasteiger partial charge in [0, 0.05) is 57.7 Å². The van der Waals surface area contributed by atoms with Crippen LogP contribution < -0.4 is 25.8 Å². The molecule has 5 N–H and O–H groups in total. The van der Waals surface area contributed by atoms with E-state index in [0.717, 1.165) is 86.7 Å². The summed E-state index contributed by atoms with van der Waals surface area (Å²) in [5, 5.41) is 28.9. The number of benzene rings is 2. The van der Waals surface area contributed by atoms with Gasteiger partial charge in [0.05, 0.1) is 6.10 Å². The number of aromatic nitrogens is 4. The maximum absolute atomic E-state index is 13.1. The Hall–Kier alpha value is -5.96. The van der Waals surface area contributed by atoms with Crippen LogP contribution >= 0.6 is 0 Å². The van der Waals surface area contributed by atoms with E-state index in [2.05, 4.69) is 98.7 Å². The Balaban J connectivity index is 0.000000194. The number of amides is 1. The molecule has 3 aliphatic carbocycles. The molecule has 0 bridgehead atoms. The first-order valence-electron chi connectivity index (χ1n) is 21.1. The number of carbonyl (C=O) groups excluding carboxylic acids is 3. The number of anilines is 4. The first kappa shape index (κ1) is 44.6. The number of aliphatic hydroxyl groups excluding tert-OH is 1. The Labute approximate surface area is 357 Å². The van der Waals surface area contributed by atoms with Crippen LogP contribution in [0.3, 0.4) is 0 Å². The average molecular weight is 834 g/mol. The number of aliphatic hydroxyl groups is 1. The van der Waals surface area contributed by atoms with Crippen LogP contribution in [-0.2, 0) is 22.7 Å². The third kappa shape index (κ3) is 11.3. The number of hydrogen-bond acceptors (Lipinski definition) is 13. The van der Waals surface area contributed by atoms with E-state index in [9.17, 15) is 19.8 Å². The van der Waals surface area contributed by atoms with E-state index in [4.69, 9.17) is 14.6 Å². The summed E-state index contributed by atoms with van der Waals surface area (Å²) in [5.74, 6) is 4.26. The number of piperidine rings is 2. The second-order valence-electron chi connectivity index (χ2n) is 17.0. The van der Waals surface area contributed by atoms with Gasteiger partial charge >= 0.3 is 5.97 Å². The van der Waals surface area contributed by atoms with E-state index in [1.54, 1.807) is 6.20 Å². The maximum atomic E-state index is 13.1. The first-order valence-corrected chi connectivity index (χ1v) is 21.1. The van der Waals surface area contributed by atoms with Gasteiger partial charge in [-0.3, -0.25) is 4.79 Å². The Morgan fingerprint density at radius 2 is 1.08 bits per heavy atom. The minimum absolute atomic E-state index is 0.0869. The summed E-state index contributed by atoms with van der Waals surface area (Å²) in [4.78, 5) is 63.1. The van der Waals surface area contributed by atoms with E-state index < -0.39 is 5.97 Å². The van der Waals surface area contributed by atoms with Crippen LogP contribution in [0.4, 0.5) is 23.5 Å². The van der Waals surface area contributed by atoms with Crippen molar-refractivity contribution in [1.82, 2.24) is 25.3 Å². The molecular weight excluding hydrogens is 775 g/mol. The van der Waals surface area contributed by atoms with Crippen LogP contribution in [0, 0.1) is 51.4 Å². The average Bonchev–Trinajstić information content (AvgIpc) is 4.11. The quantitative estimate of drug-likeness (QED) is 0.123. The molecule has 0 radical (unpaired) electrons. The van der Waals surface area contributed by atoms with Crippen molar-refractivity contribution >= 4 is 49.0 Å². The highest BCUT2D eigenvalue weighted by Gasteiger charge is 2.46. The zero-order valence-corrected chi connectivity index (χ0v) is 35.7. The van der Waals surface area contributed by atoms with Crippen molar-refractivity contribution in [2.75, 3.05) is 46.6 Å². The fourth-order valence-corrected chi connectivity index (χ4v) is 8.45. The summed E-state index contributed by atoms with van der Waals surface area (Å²) in [6, 6.07) is 12.7. The molecule has 15 nitrogen and oxygen atoms in total. The van der Waals surface area contributed by atoms with Gasteiger partial charge in [-0.05, 0) is 123 Å². The molecule has 5 aliphatic rings. The summed E-state index contributed by atoms with van der Waals surface area (Å²) in [5.41, 5.74) is 7.82. The van der Waals surface area contributed by atoms with E-state index in [-0.39, 0.29) is 23.6 Å². The monoisotopic (exact) mass is 833 g/mol. The third-order valence-corrected chi connectivity index (χ3v) is 12.6. The van der Waals surface area contributed by atoms with Crippen LogP contribution in [0.1, 0.15) is 92.6 Å². The number of carboxylic acids is 1. The summed E-state index contributed by atoms with van der Waals surface area (Å²) in [7, 11) is 0. The normalized spacial score (nSPS) is 22.7. The molecule has 9 rings (SSSR count). The largest absolute Gasteiger partial charge is 0.477 e. The van der Waals surface area contributed by atoms with Gasteiger partial charge in [0.2, 0.25) is 11.9 Å². The molecule has 61 heavy (non-hydrogen) atoms. The molecule has 4 atom stereocenters. The molecule has 4 aromatic rings. The zero-order chi connectivity index (χ0) is 43.8. The fourth-order valence-electron chi connectivity index (χ4n) is 8.45. The molecule has 2 aliphatic heterocycles. The molecule has 324 valence electrons. The summed E-state index contributed by atoms with van der Waals surface area (Å²) >= 11 is 0. The molecule has 2 aromatic carbocycles. The summed E-state index contributed by atoms with van der Waals surface area (Å²) < 4.78 is 0.